The minimum Gasteiger partial charge on any atom is -0.497 e. The third kappa shape index (κ3) is 4.67. The smallest absolute Gasteiger partial charge is 0.119 e. The van der Waals surface area contributed by atoms with Gasteiger partial charge in [0.05, 0.1) is 24.5 Å². The molecular formula is C26H34N4O. The highest BCUT2D eigenvalue weighted by Crippen LogP contribution is 2.33. The Hall–Kier alpha value is -2.66. The molecule has 0 aliphatic carbocycles. The molecule has 31 heavy (non-hydrogen) atoms. The van der Waals surface area contributed by atoms with E-state index in [9.17, 15) is 0 Å². The van der Waals surface area contributed by atoms with Crippen molar-refractivity contribution in [3.05, 3.63) is 76.4 Å². The molecule has 1 aliphatic rings. The molecule has 1 fully saturated rings. The summed E-state index contributed by atoms with van der Waals surface area (Å²) < 4.78 is 7.50. The molecule has 3 heterocycles. The highest BCUT2D eigenvalue weighted by atomic mass is 16.5. The van der Waals surface area contributed by atoms with Crippen LogP contribution in [0.15, 0.2) is 42.6 Å². The predicted molar refractivity (Wildman–Crippen MR) is 125 cm³/mol. The van der Waals surface area contributed by atoms with Crippen LogP contribution < -0.4 is 4.74 Å². The SMILES string of the molecule is COc1cccc(Cc2ccc([C@@H]3CCCN3Cc3c(C)nn(C(C)C)c3C)nc2)c1. The highest BCUT2D eigenvalue weighted by Gasteiger charge is 2.28. The number of rotatable bonds is 7. The van der Waals surface area contributed by atoms with Gasteiger partial charge in [-0.15, -0.1) is 0 Å². The molecule has 0 N–H and O–H groups in total. The largest absolute Gasteiger partial charge is 0.497 e. The van der Waals surface area contributed by atoms with Crippen LogP contribution in [0.3, 0.4) is 0 Å². The van der Waals surface area contributed by atoms with Crippen molar-refractivity contribution in [2.45, 2.75) is 65.6 Å². The van der Waals surface area contributed by atoms with E-state index in [1.807, 2.05) is 18.3 Å². The van der Waals surface area contributed by atoms with Gasteiger partial charge in [0.15, 0.2) is 0 Å². The second kappa shape index (κ2) is 9.23. The monoisotopic (exact) mass is 418 g/mol. The van der Waals surface area contributed by atoms with E-state index in [-0.39, 0.29) is 0 Å². The van der Waals surface area contributed by atoms with Gasteiger partial charge in [-0.05, 0) is 82.8 Å². The van der Waals surface area contributed by atoms with Crippen molar-refractivity contribution in [3.8, 4) is 5.75 Å². The standard InChI is InChI=1S/C26H34N4O/c1-18(2)30-20(4)24(19(3)28-30)17-29-13-7-10-26(29)25-12-11-22(16-27-25)14-21-8-6-9-23(15-21)31-5/h6,8-9,11-12,15-16,18,26H,7,10,13-14,17H2,1-5H3/t26-/m0/s1. The molecule has 1 aromatic carbocycles. The van der Waals surface area contributed by atoms with Crippen LogP contribution >= 0.6 is 0 Å². The van der Waals surface area contributed by atoms with E-state index >= 15 is 0 Å². The summed E-state index contributed by atoms with van der Waals surface area (Å²) in [6, 6.07) is 13.5. The lowest BCUT2D eigenvalue weighted by molar-refractivity contribution is 0.243. The van der Waals surface area contributed by atoms with E-state index in [1.54, 1.807) is 7.11 Å². The lowest BCUT2D eigenvalue weighted by Gasteiger charge is -2.24. The molecule has 1 aliphatic heterocycles. The second-order valence-electron chi connectivity index (χ2n) is 8.94. The van der Waals surface area contributed by atoms with Gasteiger partial charge in [-0.2, -0.15) is 5.10 Å². The molecule has 3 aromatic rings. The Morgan fingerprint density at radius 2 is 1.97 bits per heavy atom. The van der Waals surface area contributed by atoms with Crippen molar-refractivity contribution in [2.24, 2.45) is 0 Å². The van der Waals surface area contributed by atoms with Crippen LogP contribution in [0.25, 0.3) is 0 Å². The van der Waals surface area contributed by atoms with Gasteiger partial charge in [0.2, 0.25) is 0 Å². The topological polar surface area (TPSA) is 43.2 Å². The fourth-order valence-corrected chi connectivity index (χ4v) is 4.74. The fraction of sp³-hybridized carbons (Fsp3) is 0.462. The third-order valence-corrected chi connectivity index (χ3v) is 6.42. The number of hydrogen-bond acceptors (Lipinski definition) is 4. The van der Waals surface area contributed by atoms with Crippen LogP contribution in [0.1, 0.15) is 72.5 Å². The van der Waals surface area contributed by atoms with Crippen LogP contribution in [0.5, 0.6) is 5.75 Å². The van der Waals surface area contributed by atoms with Crippen LogP contribution in [-0.2, 0) is 13.0 Å². The Morgan fingerprint density at radius 1 is 1.13 bits per heavy atom. The minimum absolute atomic E-state index is 0.382. The molecule has 5 nitrogen and oxygen atoms in total. The molecule has 2 aromatic heterocycles. The number of ether oxygens (including phenoxy) is 1. The number of hydrogen-bond donors (Lipinski definition) is 0. The number of nitrogens with zero attached hydrogens (tertiary/aromatic N) is 4. The first-order valence-electron chi connectivity index (χ1n) is 11.3. The van der Waals surface area contributed by atoms with Gasteiger partial charge in [0.1, 0.15) is 5.75 Å². The fourth-order valence-electron chi connectivity index (χ4n) is 4.74. The van der Waals surface area contributed by atoms with E-state index in [0.717, 1.165) is 31.0 Å². The van der Waals surface area contributed by atoms with E-state index < -0.39 is 0 Å². The second-order valence-corrected chi connectivity index (χ2v) is 8.94. The van der Waals surface area contributed by atoms with Crippen LogP contribution in [0.4, 0.5) is 0 Å². The third-order valence-electron chi connectivity index (χ3n) is 6.42. The van der Waals surface area contributed by atoms with Crippen molar-refractivity contribution in [2.75, 3.05) is 13.7 Å². The summed E-state index contributed by atoms with van der Waals surface area (Å²) in [5.74, 6) is 0.898. The first-order valence-corrected chi connectivity index (χ1v) is 11.3. The van der Waals surface area contributed by atoms with Crippen molar-refractivity contribution in [1.29, 1.82) is 0 Å². The minimum atomic E-state index is 0.382. The summed E-state index contributed by atoms with van der Waals surface area (Å²) in [5, 5.41) is 4.78. The normalized spacial score (nSPS) is 16.9. The van der Waals surface area contributed by atoms with Crippen molar-refractivity contribution >= 4 is 0 Å². The van der Waals surface area contributed by atoms with Crippen LogP contribution in [0.2, 0.25) is 0 Å². The van der Waals surface area contributed by atoms with Gasteiger partial charge < -0.3 is 4.74 Å². The molecule has 0 amide bonds. The van der Waals surface area contributed by atoms with Crippen molar-refractivity contribution in [3.63, 3.8) is 0 Å². The molecule has 4 rings (SSSR count). The number of likely N-dealkylation sites (tertiary alicyclic amines) is 1. The Labute approximate surface area is 186 Å². The summed E-state index contributed by atoms with van der Waals surface area (Å²) in [7, 11) is 1.71. The number of methoxy groups -OCH3 is 1. The Morgan fingerprint density at radius 3 is 2.65 bits per heavy atom. The van der Waals surface area contributed by atoms with Gasteiger partial charge in [-0.25, -0.2) is 0 Å². The maximum Gasteiger partial charge on any atom is 0.119 e. The lowest BCUT2D eigenvalue weighted by Crippen LogP contribution is -2.24. The Balaban J connectivity index is 1.48. The molecule has 0 radical (unpaired) electrons. The Kier molecular flexibility index (Phi) is 6.42. The number of benzene rings is 1. The zero-order valence-electron chi connectivity index (χ0n) is 19.4. The highest BCUT2D eigenvalue weighted by molar-refractivity contribution is 5.32. The quantitative estimate of drug-likeness (QED) is 0.514. The summed E-state index contributed by atoms with van der Waals surface area (Å²) >= 11 is 0. The van der Waals surface area contributed by atoms with E-state index in [0.29, 0.717) is 12.1 Å². The summed E-state index contributed by atoms with van der Waals surface area (Å²) in [5.41, 5.74) is 7.46. The molecule has 5 heteroatoms. The molecule has 0 bridgehead atoms. The number of aromatic nitrogens is 3. The molecule has 0 saturated carbocycles. The maximum atomic E-state index is 5.34. The zero-order valence-corrected chi connectivity index (χ0v) is 19.4. The predicted octanol–water partition coefficient (Wildman–Crippen LogP) is 5.41. The van der Waals surface area contributed by atoms with Gasteiger partial charge in [0, 0.05) is 30.0 Å². The van der Waals surface area contributed by atoms with Crippen LogP contribution in [-0.4, -0.2) is 33.3 Å². The van der Waals surface area contributed by atoms with Gasteiger partial charge in [-0.3, -0.25) is 14.6 Å². The number of aryl methyl sites for hydroxylation is 1. The maximum absolute atomic E-state index is 5.34. The van der Waals surface area contributed by atoms with Crippen molar-refractivity contribution in [1.82, 2.24) is 19.7 Å². The van der Waals surface area contributed by atoms with Gasteiger partial charge in [-0.1, -0.05) is 18.2 Å². The average molecular weight is 419 g/mol. The zero-order chi connectivity index (χ0) is 22.0. The van der Waals surface area contributed by atoms with E-state index in [1.165, 1.54) is 40.9 Å². The summed E-state index contributed by atoms with van der Waals surface area (Å²) in [4.78, 5) is 7.45. The van der Waals surface area contributed by atoms with Gasteiger partial charge >= 0.3 is 0 Å². The molecule has 164 valence electrons. The number of pyridine rings is 1. The molecular weight excluding hydrogens is 384 g/mol. The first-order chi connectivity index (χ1) is 15.0. The van der Waals surface area contributed by atoms with Crippen molar-refractivity contribution < 1.29 is 4.74 Å². The molecule has 1 saturated heterocycles. The summed E-state index contributed by atoms with van der Waals surface area (Å²) in [6.07, 6.45) is 5.29. The molecule has 1 atom stereocenters. The Bertz CT molecular complexity index is 1020. The van der Waals surface area contributed by atoms with E-state index in [2.05, 4.69) is 61.5 Å². The lowest BCUT2D eigenvalue weighted by atomic mass is 10.0. The summed E-state index contributed by atoms with van der Waals surface area (Å²) in [6.45, 7) is 10.8. The first kappa shape index (κ1) is 21.6. The van der Waals surface area contributed by atoms with E-state index in [4.69, 9.17) is 14.8 Å². The van der Waals surface area contributed by atoms with Gasteiger partial charge in [0.25, 0.3) is 0 Å². The molecule has 0 unspecified atom stereocenters. The van der Waals surface area contributed by atoms with Crippen LogP contribution in [0, 0.1) is 13.8 Å². The average Bonchev–Trinajstić information content (AvgIpc) is 3.34. The molecule has 0 spiro atoms.